The first-order valence-corrected chi connectivity index (χ1v) is 12.3. The molecular weight excluding hydrogens is 438 g/mol. The molecule has 178 valence electrons. The van der Waals surface area contributed by atoms with E-state index in [1.165, 1.54) is 24.8 Å². The third-order valence-corrected chi connectivity index (χ3v) is 6.92. The predicted molar refractivity (Wildman–Crippen MR) is 136 cm³/mol. The van der Waals surface area contributed by atoms with E-state index in [0.29, 0.717) is 5.69 Å². The van der Waals surface area contributed by atoms with E-state index in [1.54, 1.807) is 6.20 Å². The molecule has 4 aromatic rings. The van der Waals surface area contributed by atoms with Gasteiger partial charge in [0.05, 0.1) is 11.2 Å². The normalized spacial score (nSPS) is 16.5. The Labute approximate surface area is 204 Å². The number of pyridine rings is 2. The van der Waals surface area contributed by atoms with Crippen LogP contribution in [0.3, 0.4) is 0 Å². The molecule has 0 atom stereocenters. The number of hydrogen-bond donors (Lipinski definition) is 2. The number of carbonyl (C=O) groups excluding carboxylic acids is 1. The monoisotopic (exact) mass is 467 g/mol. The van der Waals surface area contributed by atoms with Crippen molar-refractivity contribution < 1.29 is 4.79 Å². The third kappa shape index (κ3) is 4.80. The fourth-order valence-corrected chi connectivity index (χ4v) is 4.90. The van der Waals surface area contributed by atoms with Gasteiger partial charge >= 0.3 is 0 Å². The Morgan fingerprint density at radius 1 is 0.914 bits per heavy atom. The number of nitrogens with one attached hydrogen (secondary N) is 2. The van der Waals surface area contributed by atoms with Gasteiger partial charge < -0.3 is 5.32 Å². The lowest BCUT2D eigenvalue weighted by molar-refractivity contribution is 0.102. The zero-order valence-electron chi connectivity index (χ0n) is 19.7. The molecule has 2 fully saturated rings. The molecule has 0 bridgehead atoms. The van der Waals surface area contributed by atoms with Crippen LogP contribution in [0.15, 0.2) is 55.0 Å². The number of likely N-dealkylation sites (tertiary alicyclic amines) is 2. The maximum atomic E-state index is 13.2. The van der Waals surface area contributed by atoms with E-state index >= 15 is 0 Å². The SMILES string of the molecule is O=C(Nc1ccnc(CN2CCCC2)c1)c1n[nH]c2ccc(-c3cncc(CN4CCC4)c3)cc12. The first-order valence-electron chi connectivity index (χ1n) is 12.3. The second-order valence-electron chi connectivity index (χ2n) is 9.52. The van der Waals surface area contributed by atoms with Gasteiger partial charge in [-0.3, -0.25) is 29.7 Å². The molecule has 8 nitrogen and oxygen atoms in total. The molecule has 2 saturated heterocycles. The van der Waals surface area contributed by atoms with Crippen LogP contribution in [0.25, 0.3) is 22.0 Å². The van der Waals surface area contributed by atoms with Gasteiger partial charge in [0.25, 0.3) is 5.91 Å². The summed E-state index contributed by atoms with van der Waals surface area (Å²) in [6, 6.07) is 12.0. The molecular formula is C27H29N7O. The lowest BCUT2D eigenvalue weighted by Gasteiger charge is -2.30. The standard InChI is InChI=1S/C27H29N7O/c35-27(30-22-6-7-29-23(14-22)18-34-8-1-2-9-34)26-24-13-20(4-5-25(24)31-32-26)21-12-19(15-28-16-21)17-33-10-3-11-33/h4-7,12-16H,1-3,8-11,17-18H2,(H,31,32)(H,29,30,35). The highest BCUT2D eigenvalue weighted by molar-refractivity contribution is 6.11. The Morgan fingerprint density at radius 2 is 1.74 bits per heavy atom. The number of aromatic nitrogens is 4. The van der Waals surface area contributed by atoms with Crippen molar-refractivity contribution in [2.45, 2.75) is 32.4 Å². The minimum atomic E-state index is -0.239. The van der Waals surface area contributed by atoms with E-state index in [1.807, 2.05) is 42.7 Å². The number of anilines is 1. The molecule has 1 aromatic carbocycles. The van der Waals surface area contributed by atoms with Crippen molar-refractivity contribution in [1.82, 2.24) is 30.0 Å². The number of hydrogen-bond acceptors (Lipinski definition) is 6. The molecule has 3 aromatic heterocycles. The Morgan fingerprint density at radius 3 is 2.57 bits per heavy atom. The number of H-pyrrole nitrogens is 1. The summed E-state index contributed by atoms with van der Waals surface area (Å²) in [7, 11) is 0. The van der Waals surface area contributed by atoms with Crippen LogP contribution in [0.5, 0.6) is 0 Å². The van der Waals surface area contributed by atoms with Crippen molar-refractivity contribution in [2.75, 3.05) is 31.5 Å². The predicted octanol–water partition coefficient (Wildman–Crippen LogP) is 4.07. The molecule has 35 heavy (non-hydrogen) atoms. The van der Waals surface area contributed by atoms with E-state index in [9.17, 15) is 4.79 Å². The molecule has 8 heteroatoms. The van der Waals surface area contributed by atoms with Crippen LogP contribution < -0.4 is 5.32 Å². The zero-order valence-corrected chi connectivity index (χ0v) is 19.7. The fraction of sp³-hybridized carbons (Fsp3) is 0.333. The van der Waals surface area contributed by atoms with E-state index in [0.717, 1.165) is 72.7 Å². The summed E-state index contributed by atoms with van der Waals surface area (Å²) in [5.41, 5.74) is 6.16. The summed E-state index contributed by atoms with van der Waals surface area (Å²) in [4.78, 5) is 26.9. The number of carbonyl (C=O) groups is 1. The molecule has 0 radical (unpaired) electrons. The topological polar surface area (TPSA) is 90.0 Å². The van der Waals surface area contributed by atoms with Crippen LogP contribution in [-0.2, 0) is 13.1 Å². The fourth-order valence-electron chi connectivity index (χ4n) is 4.90. The lowest BCUT2D eigenvalue weighted by Crippen LogP contribution is -2.36. The minimum Gasteiger partial charge on any atom is -0.320 e. The summed E-state index contributed by atoms with van der Waals surface area (Å²) in [6.45, 7) is 6.26. The van der Waals surface area contributed by atoms with Crippen LogP contribution in [0, 0.1) is 0 Å². The van der Waals surface area contributed by atoms with Crippen LogP contribution in [0.4, 0.5) is 5.69 Å². The average molecular weight is 468 g/mol. The van der Waals surface area contributed by atoms with Gasteiger partial charge in [0, 0.05) is 48.3 Å². The second-order valence-corrected chi connectivity index (χ2v) is 9.52. The van der Waals surface area contributed by atoms with Gasteiger partial charge in [-0.25, -0.2) is 0 Å². The number of nitrogens with zero attached hydrogens (tertiary/aromatic N) is 5. The van der Waals surface area contributed by atoms with Gasteiger partial charge in [0.1, 0.15) is 0 Å². The summed E-state index contributed by atoms with van der Waals surface area (Å²) in [6.07, 6.45) is 9.31. The number of fused-ring (bicyclic) bond motifs is 1. The number of amides is 1. The molecule has 2 aliphatic rings. The molecule has 6 rings (SSSR count). The Balaban J connectivity index is 1.22. The van der Waals surface area contributed by atoms with E-state index < -0.39 is 0 Å². The van der Waals surface area contributed by atoms with Crippen molar-refractivity contribution in [3.63, 3.8) is 0 Å². The maximum Gasteiger partial charge on any atom is 0.276 e. The van der Waals surface area contributed by atoms with Gasteiger partial charge in [-0.2, -0.15) is 5.10 Å². The van der Waals surface area contributed by atoms with E-state index in [2.05, 4.69) is 41.3 Å². The van der Waals surface area contributed by atoms with Crippen molar-refractivity contribution in [3.8, 4) is 11.1 Å². The number of rotatable bonds is 7. The van der Waals surface area contributed by atoms with Gasteiger partial charge in [-0.15, -0.1) is 0 Å². The first kappa shape index (κ1) is 21.9. The van der Waals surface area contributed by atoms with Crippen molar-refractivity contribution >= 4 is 22.5 Å². The molecule has 0 saturated carbocycles. The molecule has 1 amide bonds. The lowest BCUT2D eigenvalue weighted by atomic mass is 10.0. The molecule has 5 heterocycles. The smallest absolute Gasteiger partial charge is 0.276 e. The van der Waals surface area contributed by atoms with Gasteiger partial charge in [-0.05, 0) is 86.9 Å². The molecule has 2 N–H and O–H groups in total. The first-order chi connectivity index (χ1) is 17.2. The maximum absolute atomic E-state index is 13.2. The summed E-state index contributed by atoms with van der Waals surface area (Å²) in [5, 5.41) is 11.1. The Hall–Kier alpha value is -3.62. The van der Waals surface area contributed by atoms with Gasteiger partial charge in [0.15, 0.2) is 5.69 Å². The zero-order chi connectivity index (χ0) is 23.6. The van der Waals surface area contributed by atoms with Crippen LogP contribution in [0.1, 0.15) is 41.0 Å². The quantitative estimate of drug-likeness (QED) is 0.426. The van der Waals surface area contributed by atoms with E-state index in [4.69, 9.17) is 0 Å². The summed E-state index contributed by atoms with van der Waals surface area (Å²) < 4.78 is 0. The highest BCUT2D eigenvalue weighted by Crippen LogP contribution is 2.27. The number of benzene rings is 1. The summed E-state index contributed by atoms with van der Waals surface area (Å²) >= 11 is 0. The number of aromatic amines is 1. The second kappa shape index (κ2) is 9.56. The van der Waals surface area contributed by atoms with E-state index in [-0.39, 0.29) is 5.91 Å². The average Bonchev–Trinajstić information content (AvgIpc) is 3.51. The van der Waals surface area contributed by atoms with Crippen LogP contribution in [0.2, 0.25) is 0 Å². The molecule has 0 aliphatic carbocycles. The largest absolute Gasteiger partial charge is 0.320 e. The highest BCUT2D eigenvalue weighted by Gasteiger charge is 2.18. The van der Waals surface area contributed by atoms with Crippen molar-refractivity contribution in [3.05, 3.63) is 71.9 Å². The van der Waals surface area contributed by atoms with Crippen LogP contribution in [-0.4, -0.2) is 62.1 Å². The molecule has 2 aliphatic heterocycles. The van der Waals surface area contributed by atoms with Gasteiger partial charge in [-0.1, -0.05) is 6.07 Å². The third-order valence-electron chi connectivity index (χ3n) is 6.92. The molecule has 0 spiro atoms. The van der Waals surface area contributed by atoms with Crippen molar-refractivity contribution in [1.29, 1.82) is 0 Å². The Kier molecular flexibility index (Phi) is 5.98. The van der Waals surface area contributed by atoms with Crippen LogP contribution >= 0.6 is 0 Å². The van der Waals surface area contributed by atoms with Gasteiger partial charge in [0.2, 0.25) is 0 Å². The Bertz CT molecular complexity index is 1350. The molecule has 0 unspecified atom stereocenters. The summed E-state index contributed by atoms with van der Waals surface area (Å²) in [5.74, 6) is -0.239. The van der Waals surface area contributed by atoms with Crippen molar-refractivity contribution in [2.24, 2.45) is 0 Å². The highest BCUT2D eigenvalue weighted by atomic mass is 16.1. The minimum absolute atomic E-state index is 0.239.